The summed E-state index contributed by atoms with van der Waals surface area (Å²) in [6.07, 6.45) is 8.40. The summed E-state index contributed by atoms with van der Waals surface area (Å²) in [5, 5.41) is 18.9. The van der Waals surface area contributed by atoms with Crippen molar-refractivity contribution in [3.8, 4) is 0 Å². The highest BCUT2D eigenvalue weighted by Crippen LogP contribution is 2.41. The minimum atomic E-state index is -0.740. The summed E-state index contributed by atoms with van der Waals surface area (Å²) in [6, 6.07) is 13.5. The molecule has 6 nitrogen and oxygen atoms in total. The van der Waals surface area contributed by atoms with Crippen LogP contribution in [-0.4, -0.2) is 41.3 Å². The molecule has 2 aliphatic rings. The molecule has 0 saturated carbocycles. The first-order valence-electron chi connectivity index (χ1n) is 12.1. The lowest BCUT2D eigenvalue weighted by Gasteiger charge is -2.32. The van der Waals surface area contributed by atoms with Crippen LogP contribution in [0, 0.1) is 5.92 Å². The highest BCUT2D eigenvalue weighted by Gasteiger charge is 2.30. The summed E-state index contributed by atoms with van der Waals surface area (Å²) in [5.74, 6) is -0.540. The smallest absolute Gasteiger partial charge is 0.303 e. The number of aryl methyl sites for hydroxylation is 1. The number of benzene rings is 2. The molecule has 0 aromatic heterocycles. The van der Waals surface area contributed by atoms with Gasteiger partial charge in [0.1, 0.15) is 0 Å². The lowest BCUT2D eigenvalue weighted by atomic mass is 9.72. The number of carbonyl (C=O) groups is 2. The van der Waals surface area contributed by atoms with Crippen LogP contribution in [0.5, 0.6) is 0 Å². The van der Waals surface area contributed by atoms with E-state index in [1.54, 1.807) is 0 Å². The number of amides is 1. The Balaban J connectivity index is 1.42. The third-order valence-corrected chi connectivity index (χ3v) is 6.91. The van der Waals surface area contributed by atoms with Gasteiger partial charge in [0, 0.05) is 30.8 Å². The summed E-state index contributed by atoms with van der Waals surface area (Å²) in [4.78, 5) is 24.1. The molecular formula is C27H33N3O3. The first-order valence-corrected chi connectivity index (χ1v) is 12.1. The SMILES string of the molecule is CCC1c2cc(NC(=O)c3ccc(C=NN4CCCCC4)cc3)ccc2CCC1CC(=O)O. The van der Waals surface area contributed by atoms with Crippen molar-refractivity contribution in [1.82, 2.24) is 5.01 Å². The molecule has 2 aromatic carbocycles. The van der Waals surface area contributed by atoms with Crippen LogP contribution in [0.4, 0.5) is 5.69 Å². The second-order valence-corrected chi connectivity index (χ2v) is 9.16. The Hall–Kier alpha value is -3.15. The van der Waals surface area contributed by atoms with Gasteiger partial charge in [-0.1, -0.05) is 25.1 Å². The number of rotatable bonds is 7. The molecule has 33 heavy (non-hydrogen) atoms. The summed E-state index contributed by atoms with van der Waals surface area (Å²) >= 11 is 0. The van der Waals surface area contributed by atoms with Crippen LogP contribution in [0.25, 0.3) is 0 Å². The molecule has 174 valence electrons. The van der Waals surface area contributed by atoms with Crippen molar-refractivity contribution in [2.75, 3.05) is 18.4 Å². The molecule has 4 rings (SSSR count). The molecule has 1 saturated heterocycles. The predicted molar refractivity (Wildman–Crippen MR) is 131 cm³/mol. The lowest BCUT2D eigenvalue weighted by Crippen LogP contribution is -2.24. The quantitative estimate of drug-likeness (QED) is 0.565. The number of hydrogen-bond acceptors (Lipinski definition) is 4. The average molecular weight is 448 g/mol. The highest BCUT2D eigenvalue weighted by molar-refractivity contribution is 6.04. The Morgan fingerprint density at radius 1 is 1.12 bits per heavy atom. The number of carboxylic acids is 1. The van der Waals surface area contributed by atoms with E-state index in [2.05, 4.69) is 28.4 Å². The molecule has 1 aliphatic carbocycles. The van der Waals surface area contributed by atoms with E-state index in [-0.39, 0.29) is 24.2 Å². The van der Waals surface area contributed by atoms with Gasteiger partial charge in [-0.05, 0) is 91.3 Å². The molecule has 0 spiro atoms. The minimum Gasteiger partial charge on any atom is -0.481 e. The van der Waals surface area contributed by atoms with E-state index in [0.717, 1.165) is 43.6 Å². The fraction of sp³-hybridized carbons (Fsp3) is 0.444. The Morgan fingerprint density at radius 3 is 2.58 bits per heavy atom. The number of piperidine rings is 1. The number of nitrogens with zero attached hydrogens (tertiary/aromatic N) is 2. The van der Waals surface area contributed by atoms with E-state index in [4.69, 9.17) is 0 Å². The first-order chi connectivity index (χ1) is 16.0. The molecule has 2 N–H and O–H groups in total. The van der Waals surface area contributed by atoms with Gasteiger partial charge in [-0.3, -0.25) is 14.6 Å². The number of anilines is 1. The van der Waals surface area contributed by atoms with Crippen LogP contribution in [0.15, 0.2) is 47.6 Å². The molecule has 2 atom stereocenters. The van der Waals surface area contributed by atoms with Crippen molar-refractivity contribution in [2.45, 2.75) is 57.8 Å². The van der Waals surface area contributed by atoms with Crippen molar-refractivity contribution in [3.05, 3.63) is 64.7 Å². The van der Waals surface area contributed by atoms with Crippen LogP contribution in [0.3, 0.4) is 0 Å². The number of hydrazone groups is 1. The van der Waals surface area contributed by atoms with Crippen LogP contribution in [0.1, 0.15) is 78.4 Å². The van der Waals surface area contributed by atoms with Crippen molar-refractivity contribution >= 4 is 23.8 Å². The number of carboxylic acid groups (broad SMARTS) is 1. The summed E-state index contributed by atoms with van der Waals surface area (Å²) in [5.41, 5.74) is 4.76. The van der Waals surface area contributed by atoms with Gasteiger partial charge in [-0.25, -0.2) is 0 Å². The van der Waals surface area contributed by atoms with E-state index >= 15 is 0 Å². The van der Waals surface area contributed by atoms with Crippen LogP contribution in [0.2, 0.25) is 0 Å². The molecule has 2 unspecified atom stereocenters. The number of aliphatic carboxylic acids is 1. The Labute approximate surface area is 195 Å². The highest BCUT2D eigenvalue weighted by atomic mass is 16.4. The van der Waals surface area contributed by atoms with Crippen molar-refractivity contribution in [2.24, 2.45) is 11.0 Å². The maximum absolute atomic E-state index is 12.8. The Kier molecular flexibility index (Phi) is 7.43. The second-order valence-electron chi connectivity index (χ2n) is 9.16. The third kappa shape index (κ3) is 5.81. The molecular weight excluding hydrogens is 414 g/mol. The Bertz CT molecular complexity index is 1010. The summed E-state index contributed by atoms with van der Waals surface area (Å²) in [7, 11) is 0. The fourth-order valence-electron chi connectivity index (χ4n) is 5.13. The van der Waals surface area contributed by atoms with Gasteiger partial charge in [0.05, 0.1) is 6.21 Å². The molecule has 1 aliphatic heterocycles. The topological polar surface area (TPSA) is 82.0 Å². The monoisotopic (exact) mass is 447 g/mol. The molecule has 0 bridgehead atoms. The second kappa shape index (κ2) is 10.6. The Morgan fingerprint density at radius 2 is 1.88 bits per heavy atom. The lowest BCUT2D eigenvalue weighted by molar-refractivity contribution is -0.138. The maximum Gasteiger partial charge on any atom is 0.303 e. The van der Waals surface area contributed by atoms with E-state index in [1.165, 1.54) is 30.4 Å². The average Bonchev–Trinajstić information content (AvgIpc) is 2.83. The summed E-state index contributed by atoms with van der Waals surface area (Å²) in [6.45, 7) is 4.12. The number of fused-ring (bicyclic) bond motifs is 1. The molecule has 1 fully saturated rings. The van der Waals surface area contributed by atoms with Crippen molar-refractivity contribution in [3.63, 3.8) is 0 Å². The van der Waals surface area contributed by atoms with Gasteiger partial charge in [-0.2, -0.15) is 5.10 Å². The van der Waals surface area contributed by atoms with Gasteiger partial charge in [0.15, 0.2) is 0 Å². The number of hydrogen-bond donors (Lipinski definition) is 2. The fourth-order valence-corrected chi connectivity index (χ4v) is 5.13. The largest absolute Gasteiger partial charge is 0.481 e. The number of nitrogens with one attached hydrogen (secondary N) is 1. The van der Waals surface area contributed by atoms with E-state index in [1.807, 2.05) is 42.6 Å². The molecule has 6 heteroatoms. The molecule has 1 heterocycles. The molecule has 0 radical (unpaired) electrons. The number of carbonyl (C=O) groups excluding carboxylic acids is 1. The minimum absolute atomic E-state index is 0.144. The standard InChI is InChI=1S/C27H33N3O3/c1-2-24-22(16-26(31)32)11-10-20-12-13-23(17-25(20)24)29-27(33)21-8-6-19(7-9-21)18-28-30-14-4-3-5-15-30/h6-9,12-13,17-18,22,24H,2-5,10-11,14-16H2,1H3,(H,29,33)(H,31,32). The van der Waals surface area contributed by atoms with E-state index in [9.17, 15) is 14.7 Å². The normalized spacial score (nSPS) is 20.5. The van der Waals surface area contributed by atoms with Crippen LogP contribution >= 0.6 is 0 Å². The zero-order chi connectivity index (χ0) is 23.2. The van der Waals surface area contributed by atoms with Gasteiger partial charge in [0.2, 0.25) is 0 Å². The molecule has 1 amide bonds. The van der Waals surface area contributed by atoms with Crippen LogP contribution < -0.4 is 5.32 Å². The van der Waals surface area contributed by atoms with E-state index in [0.29, 0.717) is 5.56 Å². The van der Waals surface area contributed by atoms with Crippen molar-refractivity contribution < 1.29 is 14.7 Å². The maximum atomic E-state index is 12.8. The zero-order valence-electron chi connectivity index (χ0n) is 19.3. The van der Waals surface area contributed by atoms with Gasteiger partial charge in [-0.15, -0.1) is 0 Å². The van der Waals surface area contributed by atoms with Crippen molar-refractivity contribution in [1.29, 1.82) is 0 Å². The first kappa shape index (κ1) is 23.0. The van der Waals surface area contributed by atoms with Gasteiger partial charge >= 0.3 is 5.97 Å². The zero-order valence-corrected chi connectivity index (χ0v) is 19.3. The van der Waals surface area contributed by atoms with Gasteiger partial charge in [0.25, 0.3) is 5.91 Å². The van der Waals surface area contributed by atoms with Gasteiger partial charge < -0.3 is 10.4 Å². The van der Waals surface area contributed by atoms with E-state index < -0.39 is 5.97 Å². The van der Waals surface area contributed by atoms with Crippen LogP contribution in [-0.2, 0) is 11.2 Å². The predicted octanol–water partition coefficient (Wildman–Crippen LogP) is 5.29. The third-order valence-electron chi connectivity index (χ3n) is 6.91. The molecule has 2 aromatic rings. The summed E-state index contributed by atoms with van der Waals surface area (Å²) < 4.78 is 0.